The fourth-order valence-electron chi connectivity index (χ4n) is 2.03. The van der Waals surface area contributed by atoms with E-state index in [4.69, 9.17) is 20.9 Å². The molecule has 0 spiro atoms. The molecule has 0 radical (unpaired) electrons. The van der Waals surface area contributed by atoms with Gasteiger partial charge in [0.2, 0.25) is 0 Å². The van der Waals surface area contributed by atoms with Crippen LogP contribution in [0.2, 0.25) is 0 Å². The Kier molecular flexibility index (Phi) is 6.74. The van der Waals surface area contributed by atoms with Crippen LogP contribution in [-0.4, -0.2) is 26.3 Å². The third-order valence-electron chi connectivity index (χ3n) is 3.28. The van der Waals surface area contributed by atoms with Gasteiger partial charge in [-0.1, -0.05) is 24.3 Å². The van der Waals surface area contributed by atoms with E-state index in [1.165, 1.54) is 0 Å². The van der Waals surface area contributed by atoms with Crippen LogP contribution in [0.3, 0.4) is 0 Å². The van der Waals surface area contributed by atoms with Crippen LogP contribution >= 0.6 is 0 Å². The Morgan fingerprint density at radius 3 is 1.27 bits per heavy atom. The molecule has 0 aliphatic carbocycles. The highest BCUT2D eigenvalue weighted by atomic mass is 16.5. The first-order valence-corrected chi connectivity index (χ1v) is 7.69. The lowest BCUT2D eigenvalue weighted by Crippen LogP contribution is -2.06. The van der Waals surface area contributed by atoms with E-state index in [0.717, 1.165) is 35.5 Å². The van der Waals surface area contributed by atoms with Crippen molar-refractivity contribution in [2.45, 2.75) is 12.8 Å². The zero-order valence-corrected chi connectivity index (χ0v) is 12.8. The van der Waals surface area contributed by atoms with Gasteiger partial charge in [0.05, 0.1) is 13.2 Å². The number of ether oxygens (including phenoxy) is 2. The zero-order valence-electron chi connectivity index (χ0n) is 12.8. The third kappa shape index (κ3) is 5.06. The zero-order chi connectivity index (χ0) is 15.6. The first-order chi connectivity index (χ1) is 10.8. The quantitative estimate of drug-likeness (QED) is 0.699. The molecule has 0 aromatic heterocycles. The smallest absolute Gasteiger partial charge is 0.119 e. The first kappa shape index (κ1) is 16.3. The van der Waals surface area contributed by atoms with E-state index in [1.807, 2.05) is 24.3 Å². The van der Waals surface area contributed by atoms with Crippen molar-refractivity contribution in [1.82, 2.24) is 0 Å². The van der Waals surface area contributed by atoms with E-state index >= 15 is 0 Å². The molecule has 0 fully saturated rings. The van der Waals surface area contributed by atoms with E-state index in [-0.39, 0.29) is 0 Å². The molecule has 0 amide bonds. The Balaban J connectivity index is 1.93. The van der Waals surface area contributed by atoms with Crippen LogP contribution in [0.25, 0.3) is 11.1 Å². The minimum absolute atomic E-state index is 0.651. The molecular weight excluding hydrogens is 276 g/mol. The van der Waals surface area contributed by atoms with Crippen molar-refractivity contribution in [1.29, 1.82) is 0 Å². The van der Waals surface area contributed by atoms with Crippen LogP contribution in [0.15, 0.2) is 48.5 Å². The van der Waals surface area contributed by atoms with E-state index in [0.29, 0.717) is 26.3 Å². The van der Waals surface area contributed by atoms with Crippen LogP contribution in [0.4, 0.5) is 0 Å². The summed E-state index contributed by atoms with van der Waals surface area (Å²) in [5, 5.41) is 0. The standard InChI is InChI=1S/C18H24N2O2/c19-11-1-13-21-17-7-3-15(4-8-17)16-5-9-18(10-6-16)22-14-2-12-20/h3-10H,1-2,11-14,19-20H2. The Morgan fingerprint density at radius 1 is 0.591 bits per heavy atom. The fraction of sp³-hybridized carbons (Fsp3) is 0.333. The highest BCUT2D eigenvalue weighted by Gasteiger charge is 2.00. The normalized spacial score (nSPS) is 10.5. The molecule has 2 aromatic rings. The van der Waals surface area contributed by atoms with Gasteiger partial charge in [0.1, 0.15) is 11.5 Å². The van der Waals surface area contributed by atoms with Crippen molar-refractivity contribution >= 4 is 0 Å². The van der Waals surface area contributed by atoms with Gasteiger partial charge < -0.3 is 20.9 Å². The van der Waals surface area contributed by atoms with Gasteiger partial charge in [0.15, 0.2) is 0 Å². The number of hydrogen-bond acceptors (Lipinski definition) is 4. The summed E-state index contributed by atoms with van der Waals surface area (Å²) in [6.07, 6.45) is 1.74. The highest BCUT2D eigenvalue weighted by molar-refractivity contribution is 5.64. The summed E-state index contributed by atoms with van der Waals surface area (Å²) in [5.41, 5.74) is 13.2. The predicted molar refractivity (Wildman–Crippen MR) is 90.2 cm³/mol. The molecule has 0 heterocycles. The maximum absolute atomic E-state index is 5.60. The van der Waals surface area contributed by atoms with E-state index < -0.39 is 0 Å². The summed E-state index contributed by atoms with van der Waals surface area (Å²) in [6, 6.07) is 16.2. The van der Waals surface area contributed by atoms with E-state index in [9.17, 15) is 0 Å². The summed E-state index contributed by atoms with van der Waals surface area (Å²) < 4.78 is 11.2. The van der Waals surface area contributed by atoms with Gasteiger partial charge in [-0.2, -0.15) is 0 Å². The molecule has 118 valence electrons. The third-order valence-corrected chi connectivity index (χ3v) is 3.28. The predicted octanol–water partition coefficient (Wildman–Crippen LogP) is 2.81. The van der Waals surface area contributed by atoms with Crippen LogP contribution in [-0.2, 0) is 0 Å². The SMILES string of the molecule is NCCCOc1ccc(-c2ccc(OCCCN)cc2)cc1. The molecule has 0 saturated heterocycles. The Hall–Kier alpha value is -2.04. The fourth-order valence-corrected chi connectivity index (χ4v) is 2.03. The van der Waals surface area contributed by atoms with Crippen LogP contribution < -0.4 is 20.9 Å². The largest absolute Gasteiger partial charge is 0.494 e. The minimum Gasteiger partial charge on any atom is -0.494 e. The Bertz CT molecular complexity index is 487. The second-order valence-corrected chi connectivity index (χ2v) is 5.03. The maximum Gasteiger partial charge on any atom is 0.119 e. The average molecular weight is 300 g/mol. The molecule has 4 nitrogen and oxygen atoms in total. The molecule has 2 aromatic carbocycles. The van der Waals surface area contributed by atoms with Crippen molar-refractivity contribution in [2.24, 2.45) is 11.5 Å². The molecule has 0 bridgehead atoms. The van der Waals surface area contributed by atoms with Gasteiger partial charge in [0.25, 0.3) is 0 Å². The van der Waals surface area contributed by atoms with Crippen molar-refractivity contribution in [2.75, 3.05) is 26.3 Å². The van der Waals surface area contributed by atoms with Gasteiger partial charge >= 0.3 is 0 Å². The molecule has 0 unspecified atom stereocenters. The summed E-state index contributed by atoms with van der Waals surface area (Å²) in [7, 11) is 0. The average Bonchev–Trinajstić information content (AvgIpc) is 2.57. The van der Waals surface area contributed by atoms with Crippen LogP contribution in [0, 0.1) is 0 Å². The first-order valence-electron chi connectivity index (χ1n) is 7.69. The van der Waals surface area contributed by atoms with Crippen molar-refractivity contribution in [3.63, 3.8) is 0 Å². The maximum atomic E-state index is 5.60. The molecule has 0 aliphatic rings. The minimum atomic E-state index is 0.651. The molecule has 4 N–H and O–H groups in total. The lowest BCUT2D eigenvalue weighted by molar-refractivity contribution is 0.313. The molecule has 0 atom stereocenters. The van der Waals surface area contributed by atoms with Gasteiger partial charge in [-0.3, -0.25) is 0 Å². The molecule has 0 aliphatic heterocycles. The second kappa shape index (κ2) is 9.07. The summed E-state index contributed by atoms with van der Waals surface area (Å²) in [4.78, 5) is 0. The van der Waals surface area contributed by atoms with E-state index in [1.54, 1.807) is 0 Å². The highest BCUT2D eigenvalue weighted by Crippen LogP contribution is 2.24. The number of nitrogens with two attached hydrogens (primary N) is 2. The Labute approximate surface area is 132 Å². The van der Waals surface area contributed by atoms with Crippen molar-refractivity contribution < 1.29 is 9.47 Å². The van der Waals surface area contributed by atoms with E-state index in [2.05, 4.69) is 24.3 Å². The van der Waals surface area contributed by atoms with Crippen molar-refractivity contribution in [3.8, 4) is 22.6 Å². The molecular formula is C18H24N2O2. The number of hydrogen-bond donors (Lipinski definition) is 2. The van der Waals surface area contributed by atoms with Gasteiger partial charge in [-0.05, 0) is 61.3 Å². The second-order valence-electron chi connectivity index (χ2n) is 5.03. The summed E-state index contributed by atoms with van der Waals surface area (Å²) in [5.74, 6) is 1.75. The summed E-state index contributed by atoms with van der Waals surface area (Å²) in [6.45, 7) is 2.62. The topological polar surface area (TPSA) is 70.5 Å². The number of rotatable bonds is 9. The monoisotopic (exact) mass is 300 g/mol. The van der Waals surface area contributed by atoms with Crippen molar-refractivity contribution in [3.05, 3.63) is 48.5 Å². The van der Waals surface area contributed by atoms with Crippen LogP contribution in [0.5, 0.6) is 11.5 Å². The lowest BCUT2D eigenvalue weighted by Gasteiger charge is -2.08. The summed E-state index contributed by atoms with van der Waals surface area (Å²) >= 11 is 0. The molecule has 22 heavy (non-hydrogen) atoms. The molecule has 0 saturated carbocycles. The molecule has 2 rings (SSSR count). The van der Waals surface area contributed by atoms with Gasteiger partial charge in [-0.25, -0.2) is 0 Å². The molecule has 4 heteroatoms. The van der Waals surface area contributed by atoms with Crippen LogP contribution in [0.1, 0.15) is 12.8 Å². The number of benzene rings is 2. The lowest BCUT2D eigenvalue weighted by atomic mass is 10.1. The van der Waals surface area contributed by atoms with Gasteiger partial charge in [-0.15, -0.1) is 0 Å². The van der Waals surface area contributed by atoms with Gasteiger partial charge in [0, 0.05) is 0 Å². The Morgan fingerprint density at radius 2 is 0.955 bits per heavy atom.